The van der Waals surface area contributed by atoms with Crippen LogP contribution >= 0.6 is 23.4 Å². The summed E-state index contributed by atoms with van der Waals surface area (Å²) in [7, 11) is 0. The molecule has 1 N–H and O–H groups in total. The molecular formula is C27H23ClN2O4S. The zero-order chi connectivity index (χ0) is 24.4. The molecule has 0 spiro atoms. The van der Waals surface area contributed by atoms with Crippen molar-refractivity contribution in [3.05, 3.63) is 81.9 Å². The largest absolute Gasteiger partial charge is 0.478 e. The van der Waals surface area contributed by atoms with Gasteiger partial charge in [0.05, 0.1) is 21.2 Å². The summed E-state index contributed by atoms with van der Waals surface area (Å²) in [5, 5.41) is 10.5. The van der Waals surface area contributed by atoms with Crippen LogP contribution in [-0.4, -0.2) is 33.1 Å². The molecule has 1 amide bonds. The maximum atomic E-state index is 13.5. The summed E-state index contributed by atoms with van der Waals surface area (Å²) in [6.45, 7) is 0. The maximum Gasteiger partial charge on any atom is 0.335 e. The molecule has 1 aromatic heterocycles. The lowest BCUT2D eigenvalue weighted by atomic mass is 9.94. The van der Waals surface area contributed by atoms with E-state index in [-0.39, 0.29) is 17.5 Å². The Labute approximate surface area is 212 Å². The van der Waals surface area contributed by atoms with Gasteiger partial charge in [-0.3, -0.25) is 9.69 Å². The van der Waals surface area contributed by atoms with Crippen molar-refractivity contribution in [2.75, 3.05) is 0 Å². The molecule has 2 fully saturated rings. The molecule has 0 bridgehead atoms. The molecule has 3 aromatic rings. The fourth-order valence-corrected chi connectivity index (χ4v) is 5.68. The van der Waals surface area contributed by atoms with Gasteiger partial charge >= 0.3 is 5.97 Å². The van der Waals surface area contributed by atoms with Crippen LogP contribution in [0.3, 0.4) is 0 Å². The van der Waals surface area contributed by atoms with Crippen molar-refractivity contribution in [1.29, 1.82) is 0 Å². The van der Waals surface area contributed by atoms with E-state index in [0.29, 0.717) is 32.3 Å². The second-order valence-electron chi connectivity index (χ2n) is 8.51. The Morgan fingerprint density at radius 2 is 1.89 bits per heavy atom. The van der Waals surface area contributed by atoms with E-state index in [1.165, 1.54) is 30.3 Å². The van der Waals surface area contributed by atoms with Crippen molar-refractivity contribution in [1.82, 2.24) is 4.90 Å². The summed E-state index contributed by atoms with van der Waals surface area (Å²) >= 11 is 7.59. The fraction of sp³-hybridized carbons (Fsp3) is 0.222. The number of aliphatic imine (C=N–C) groups is 1. The van der Waals surface area contributed by atoms with E-state index in [4.69, 9.17) is 21.0 Å². The van der Waals surface area contributed by atoms with E-state index in [1.54, 1.807) is 29.2 Å². The topological polar surface area (TPSA) is 83.1 Å². The third-order valence-corrected chi connectivity index (χ3v) is 7.45. The number of nitrogens with zero attached hydrogens (tertiary/aromatic N) is 2. The molecule has 1 saturated heterocycles. The average molecular weight is 507 g/mol. The first-order valence-corrected chi connectivity index (χ1v) is 12.7. The van der Waals surface area contributed by atoms with Crippen molar-refractivity contribution in [3.8, 4) is 11.3 Å². The Balaban J connectivity index is 1.48. The Bertz CT molecular complexity index is 1340. The lowest BCUT2D eigenvalue weighted by molar-refractivity contribution is -0.124. The first-order valence-electron chi connectivity index (χ1n) is 11.5. The molecule has 0 radical (unpaired) electrons. The van der Waals surface area contributed by atoms with Crippen LogP contribution in [-0.2, 0) is 4.79 Å². The minimum atomic E-state index is -1.01. The first kappa shape index (κ1) is 23.5. The molecule has 1 aliphatic carbocycles. The highest BCUT2D eigenvalue weighted by Crippen LogP contribution is 2.39. The molecule has 5 rings (SSSR count). The number of hydrogen-bond acceptors (Lipinski definition) is 5. The highest BCUT2D eigenvalue weighted by atomic mass is 35.5. The van der Waals surface area contributed by atoms with E-state index < -0.39 is 5.97 Å². The SMILES string of the molecule is O=C(O)c1cccc(N=C2S/C(=C/c3ccc(-c4ccccc4Cl)o3)C(=O)N2C2CCCCC2)c1. The number of hydrogen-bond donors (Lipinski definition) is 1. The first-order chi connectivity index (χ1) is 17.0. The van der Waals surface area contributed by atoms with Crippen LogP contribution in [0.4, 0.5) is 5.69 Å². The zero-order valence-electron chi connectivity index (χ0n) is 18.8. The number of carboxylic acids is 1. The lowest BCUT2D eigenvalue weighted by Crippen LogP contribution is -2.40. The van der Waals surface area contributed by atoms with E-state index in [1.807, 2.05) is 30.3 Å². The minimum Gasteiger partial charge on any atom is -0.478 e. The number of aromatic carboxylic acids is 1. The summed E-state index contributed by atoms with van der Waals surface area (Å²) in [6, 6.07) is 17.6. The number of carboxylic acid groups (broad SMARTS) is 1. The average Bonchev–Trinajstić information content (AvgIpc) is 3.44. The van der Waals surface area contributed by atoms with Gasteiger partial charge in [0.15, 0.2) is 5.17 Å². The standard InChI is InChI=1S/C27H23ClN2O4S/c28-22-12-5-4-11-21(22)23-14-13-20(34-23)16-24-25(31)30(19-9-2-1-3-10-19)27(35-24)29-18-8-6-7-17(15-18)26(32)33/h4-8,11-16,19H,1-3,9-10H2,(H,32,33)/b24-16+,29-27?. The molecule has 8 heteroatoms. The quantitative estimate of drug-likeness (QED) is 0.369. The van der Waals surface area contributed by atoms with Gasteiger partial charge in [-0.25, -0.2) is 9.79 Å². The van der Waals surface area contributed by atoms with Crippen molar-refractivity contribution in [2.45, 2.75) is 38.1 Å². The predicted molar refractivity (Wildman–Crippen MR) is 139 cm³/mol. The molecule has 1 aliphatic heterocycles. The summed E-state index contributed by atoms with van der Waals surface area (Å²) in [5.41, 5.74) is 1.44. The lowest BCUT2D eigenvalue weighted by Gasteiger charge is -2.30. The van der Waals surface area contributed by atoms with Crippen LogP contribution in [0.5, 0.6) is 0 Å². The highest BCUT2D eigenvalue weighted by molar-refractivity contribution is 8.18. The van der Waals surface area contributed by atoms with Crippen molar-refractivity contribution >= 4 is 52.2 Å². The third kappa shape index (κ3) is 5.06. The monoisotopic (exact) mass is 506 g/mol. The Kier molecular flexibility index (Phi) is 6.79. The van der Waals surface area contributed by atoms with Gasteiger partial charge in [-0.1, -0.05) is 49.1 Å². The second kappa shape index (κ2) is 10.1. The van der Waals surface area contributed by atoms with Gasteiger partial charge in [-0.2, -0.15) is 0 Å². The summed E-state index contributed by atoms with van der Waals surface area (Å²) in [6.07, 6.45) is 6.88. The number of benzene rings is 2. The van der Waals surface area contributed by atoms with E-state index in [9.17, 15) is 14.7 Å². The number of rotatable bonds is 5. The molecule has 2 heterocycles. The van der Waals surface area contributed by atoms with Gasteiger partial charge in [-0.15, -0.1) is 0 Å². The second-order valence-corrected chi connectivity index (χ2v) is 9.93. The van der Waals surface area contributed by atoms with Gasteiger partial charge in [0.2, 0.25) is 0 Å². The van der Waals surface area contributed by atoms with E-state index >= 15 is 0 Å². The zero-order valence-corrected chi connectivity index (χ0v) is 20.4. The number of carbonyl (C=O) groups excluding carboxylic acids is 1. The molecule has 0 unspecified atom stereocenters. The van der Waals surface area contributed by atoms with Gasteiger partial charge in [-0.05, 0) is 67.1 Å². The van der Waals surface area contributed by atoms with E-state index in [0.717, 1.165) is 31.2 Å². The Morgan fingerprint density at radius 1 is 1.09 bits per heavy atom. The molecule has 2 aromatic carbocycles. The van der Waals surface area contributed by atoms with Crippen molar-refractivity contribution < 1.29 is 19.1 Å². The highest BCUT2D eigenvalue weighted by Gasteiger charge is 2.39. The normalized spacial score (nSPS) is 19.1. The Hall–Kier alpha value is -3.29. The van der Waals surface area contributed by atoms with Gasteiger partial charge in [0, 0.05) is 17.7 Å². The van der Waals surface area contributed by atoms with Gasteiger partial charge in [0.1, 0.15) is 11.5 Å². The van der Waals surface area contributed by atoms with Crippen LogP contribution in [0.25, 0.3) is 17.4 Å². The number of amidine groups is 1. The fourth-order valence-electron chi connectivity index (χ4n) is 4.41. The predicted octanol–water partition coefficient (Wildman–Crippen LogP) is 7.23. The molecular weight excluding hydrogens is 484 g/mol. The van der Waals surface area contributed by atoms with Crippen LogP contribution in [0.2, 0.25) is 5.02 Å². The van der Waals surface area contributed by atoms with Crippen molar-refractivity contribution in [2.24, 2.45) is 4.99 Å². The number of halogens is 1. The Morgan fingerprint density at radius 3 is 2.66 bits per heavy atom. The molecule has 35 heavy (non-hydrogen) atoms. The number of carbonyl (C=O) groups is 2. The summed E-state index contributed by atoms with van der Waals surface area (Å²) in [5.74, 6) is 0.0553. The molecule has 6 nitrogen and oxygen atoms in total. The van der Waals surface area contributed by atoms with Crippen molar-refractivity contribution in [3.63, 3.8) is 0 Å². The summed E-state index contributed by atoms with van der Waals surface area (Å²) < 4.78 is 5.99. The number of amides is 1. The minimum absolute atomic E-state index is 0.0753. The van der Waals surface area contributed by atoms with Crippen LogP contribution in [0.15, 0.2) is 75.0 Å². The number of furan rings is 1. The molecule has 1 saturated carbocycles. The van der Waals surface area contributed by atoms with E-state index in [2.05, 4.69) is 0 Å². The van der Waals surface area contributed by atoms with Gasteiger partial charge < -0.3 is 9.52 Å². The number of thioether (sulfide) groups is 1. The smallest absolute Gasteiger partial charge is 0.335 e. The molecule has 0 atom stereocenters. The van der Waals surface area contributed by atoms with Gasteiger partial charge in [0.25, 0.3) is 5.91 Å². The third-order valence-electron chi connectivity index (χ3n) is 6.13. The maximum absolute atomic E-state index is 13.5. The molecule has 178 valence electrons. The van der Waals surface area contributed by atoms with Crippen LogP contribution < -0.4 is 0 Å². The van der Waals surface area contributed by atoms with Crippen LogP contribution in [0.1, 0.15) is 48.2 Å². The molecule has 2 aliphatic rings. The van der Waals surface area contributed by atoms with Crippen LogP contribution in [0, 0.1) is 0 Å². The summed E-state index contributed by atoms with van der Waals surface area (Å²) in [4.78, 5) is 31.9.